The van der Waals surface area contributed by atoms with Crippen molar-refractivity contribution < 1.29 is 13.9 Å². The molecule has 0 heterocycles. The molecule has 1 rings (SSSR count). The van der Waals surface area contributed by atoms with Crippen molar-refractivity contribution in [2.75, 3.05) is 13.7 Å². The summed E-state index contributed by atoms with van der Waals surface area (Å²) >= 11 is 0. The van der Waals surface area contributed by atoms with Gasteiger partial charge in [-0.1, -0.05) is 18.2 Å². The minimum Gasteiger partial charge on any atom is -0.383 e. The maximum absolute atomic E-state index is 13.2. The lowest BCUT2D eigenvalue weighted by molar-refractivity contribution is -0.123. The van der Waals surface area contributed by atoms with Gasteiger partial charge in [0, 0.05) is 19.2 Å². The largest absolute Gasteiger partial charge is 0.383 e. The van der Waals surface area contributed by atoms with Gasteiger partial charge in [0.2, 0.25) is 5.91 Å². The van der Waals surface area contributed by atoms with E-state index in [0.29, 0.717) is 5.56 Å². The number of halogens is 1. The molecule has 5 heteroatoms. The van der Waals surface area contributed by atoms with E-state index in [0.717, 1.165) is 0 Å². The van der Waals surface area contributed by atoms with Crippen LogP contribution in [0.4, 0.5) is 4.39 Å². The Morgan fingerprint density at radius 2 is 2.25 bits per heavy atom. The number of methoxy groups -OCH3 is 1. The summed E-state index contributed by atoms with van der Waals surface area (Å²) in [5.41, 5.74) is 5.93. The molecule has 0 spiro atoms. The zero-order chi connectivity index (χ0) is 12.0. The predicted octanol–water partition coefficient (Wildman–Crippen LogP) is 0.416. The number of carbonyl (C=O) groups is 1. The van der Waals surface area contributed by atoms with E-state index >= 15 is 0 Å². The van der Waals surface area contributed by atoms with E-state index < -0.39 is 6.04 Å². The van der Waals surface area contributed by atoms with Crippen LogP contribution in [0.25, 0.3) is 0 Å². The number of hydrogen-bond donors (Lipinski definition) is 2. The van der Waals surface area contributed by atoms with Crippen molar-refractivity contribution in [1.82, 2.24) is 5.32 Å². The summed E-state index contributed by atoms with van der Waals surface area (Å²) in [4.78, 5) is 11.4. The molecule has 0 bridgehead atoms. The van der Waals surface area contributed by atoms with Gasteiger partial charge < -0.3 is 15.8 Å². The maximum Gasteiger partial charge on any atom is 0.239 e. The highest BCUT2D eigenvalue weighted by molar-refractivity contribution is 5.81. The van der Waals surface area contributed by atoms with E-state index in [1.807, 2.05) is 0 Å². The quantitative estimate of drug-likeness (QED) is 0.764. The Labute approximate surface area is 93.6 Å². The summed E-state index contributed by atoms with van der Waals surface area (Å²) < 4.78 is 17.9. The fourth-order valence-electron chi connectivity index (χ4n) is 1.21. The summed E-state index contributed by atoms with van der Waals surface area (Å²) in [5.74, 6) is -0.701. The van der Waals surface area contributed by atoms with Crippen LogP contribution in [-0.2, 0) is 16.1 Å². The Balaban J connectivity index is 2.46. The standard InChI is InChI=1S/C11H15FN2O2/c1-16-7-10(13)11(15)14-6-8-4-2-3-5-9(8)12/h2-5,10H,6-7,13H2,1H3,(H,14,15). The van der Waals surface area contributed by atoms with E-state index in [-0.39, 0.29) is 24.9 Å². The Morgan fingerprint density at radius 3 is 2.88 bits per heavy atom. The number of carbonyl (C=O) groups excluding carboxylic acids is 1. The van der Waals surface area contributed by atoms with Crippen LogP contribution in [-0.4, -0.2) is 25.7 Å². The molecular formula is C11H15FN2O2. The number of amides is 1. The minimum absolute atomic E-state index is 0.128. The highest BCUT2D eigenvalue weighted by Crippen LogP contribution is 2.05. The maximum atomic E-state index is 13.2. The number of nitrogens with one attached hydrogen (secondary N) is 1. The Morgan fingerprint density at radius 1 is 1.56 bits per heavy atom. The average molecular weight is 226 g/mol. The first kappa shape index (κ1) is 12.6. The average Bonchev–Trinajstić information content (AvgIpc) is 2.28. The molecule has 88 valence electrons. The summed E-state index contributed by atoms with van der Waals surface area (Å²) in [6, 6.07) is 5.53. The third kappa shape index (κ3) is 3.60. The van der Waals surface area contributed by atoms with E-state index in [1.54, 1.807) is 18.2 Å². The lowest BCUT2D eigenvalue weighted by Gasteiger charge is -2.11. The lowest BCUT2D eigenvalue weighted by atomic mass is 10.2. The van der Waals surface area contributed by atoms with Crippen LogP contribution >= 0.6 is 0 Å². The lowest BCUT2D eigenvalue weighted by Crippen LogP contribution is -2.43. The van der Waals surface area contributed by atoms with Crippen LogP contribution in [0.15, 0.2) is 24.3 Å². The molecule has 4 nitrogen and oxygen atoms in total. The van der Waals surface area contributed by atoms with Crippen LogP contribution in [0.3, 0.4) is 0 Å². The van der Waals surface area contributed by atoms with Gasteiger partial charge in [-0.2, -0.15) is 0 Å². The van der Waals surface area contributed by atoms with Crippen molar-refractivity contribution in [3.05, 3.63) is 35.6 Å². The Bertz CT molecular complexity index is 358. The highest BCUT2D eigenvalue weighted by Gasteiger charge is 2.12. The molecular weight excluding hydrogens is 211 g/mol. The SMILES string of the molecule is COCC(N)C(=O)NCc1ccccc1F. The molecule has 16 heavy (non-hydrogen) atoms. The fraction of sp³-hybridized carbons (Fsp3) is 0.364. The van der Waals surface area contributed by atoms with Gasteiger partial charge in [0.15, 0.2) is 0 Å². The summed E-state index contributed by atoms with van der Waals surface area (Å²) in [6.07, 6.45) is 0. The first-order valence-corrected chi connectivity index (χ1v) is 4.90. The second-order valence-corrected chi connectivity index (χ2v) is 3.37. The molecule has 3 N–H and O–H groups in total. The van der Waals surface area contributed by atoms with Gasteiger partial charge in [0.05, 0.1) is 6.61 Å². The molecule has 1 unspecified atom stereocenters. The van der Waals surface area contributed by atoms with Gasteiger partial charge >= 0.3 is 0 Å². The molecule has 1 amide bonds. The fourth-order valence-corrected chi connectivity index (χ4v) is 1.21. The van der Waals surface area contributed by atoms with E-state index in [9.17, 15) is 9.18 Å². The second-order valence-electron chi connectivity index (χ2n) is 3.37. The van der Waals surface area contributed by atoms with Gasteiger partial charge in [-0.25, -0.2) is 4.39 Å². The molecule has 0 saturated carbocycles. The van der Waals surface area contributed by atoms with Gasteiger partial charge in [-0.05, 0) is 6.07 Å². The summed E-state index contributed by atoms with van der Waals surface area (Å²) in [6.45, 7) is 0.270. The first-order chi connectivity index (χ1) is 7.65. The molecule has 1 aromatic rings. The van der Waals surface area contributed by atoms with E-state index in [2.05, 4.69) is 5.32 Å². The number of rotatable bonds is 5. The molecule has 0 fully saturated rings. The van der Waals surface area contributed by atoms with Crippen LogP contribution in [0.2, 0.25) is 0 Å². The van der Waals surface area contributed by atoms with E-state index in [4.69, 9.17) is 10.5 Å². The topological polar surface area (TPSA) is 64.3 Å². The number of nitrogens with two attached hydrogens (primary N) is 1. The van der Waals surface area contributed by atoms with Gasteiger partial charge in [-0.15, -0.1) is 0 Å². The first-order valence-electron chi connectivity index (χ1n) is 4.90. The van der Waals surface area contributed by atoms with Gasteiger partial charge in [0.1, 0.15) is 11.9 Å². The predicted molar refractivity (Wildman–Crippen MR) is 58.1 cm³/mol. The monoisotopic (exact) mass is 226 g/mol. The van der Waals surface area contributed by atoms with Crippen LogP contribution in [0.1, 0.15) is 5.56 Å². The third-order valence-corrected chi connectivity index (χ3v) is 2.09. The number of ether oxygens (including phenoxy) is 1. The van der Waals surface area contributed by atoms with Crippen molar-refractivity contribution in [3.63, 3.8) is 0 Å². The molecule has 0 aliphatic carbocycles. The number of benzene rings is 1. The molecule has 0 aliphatic heterocycles. The van der Waals surface area contributed by atoms with Crippen molar-refractivity contribution in [2.45, 2.75) is 12.6 Å². The molecule has 0 radical (unpaired) electrons. The molecule has 0 aromatic heterocycles. The molecule has 0 saturated heterocycles. The number of hydrogen-bond acceptors (Lipinski definition) is 3. The van der Waals surface area contributed by atoms with Crippen LogP contribution in [0, 0.1) is 5.82 Å². The van der Waals surface area contributed by atoms with E-state index in [1.165, 1.54) is 13.2 Å². The summed E-state index contributed by atoms with van der Waals surface area (Å²) in [5, 5.41) is 2.54. The van der Waals surface area contributed by atoms with Crippen LogP contribution in [0.5, 0.6) is 0 Å². The van der Waals surface area contributed by atoms with Crippen molar-refractivity contribution >= 4 is 5.91 Å². The summed E-state index contributed by atoms with van der Waals surface area (Å²) in [7, 11) is 1.46. The smallest absolute Gasteiger partial charge is 0.239 e. The van der Waals surface area contributed by atoms with Gasteiger partial charge in [-0.3, -0.25) is 4.79 Å². The van der Waals surface area contributed by atoms with Crippen molar-refractivity contribution in [1.29, 1.82) is 0 Å². The Hall–Kier alpha value is -1.46. The van der Waals surface area contributed by atoms with Crippen molar-refractivity contribution in [3.8, 4) is 0 Å². The molecule has 0 aliphatic rings. The molecule has 1 aromatic carbocycles. The van der Waals surface area contributed by atoms with Crippen LogP contribution < -0.4 is 11.1 Å². The highest BCUT2D eigenvalue weighted by atomic mass is 19.1. The van der Waals surface area contributed by atoms with Crippen molar-refractivity contribution in [2.24, 2.45) is 5.73 Å². The molecule has 1 atom stereocenters. The zero-order valence-corrected chi connectivity index (χ0v) is 9.07. The minimum atomic E-state index is -0.725. The van der Waals surface area contributed by atoms with Gasteiger partial charge in [0.25, 0.3) is 0 Å². The normalized spacial score (nSPS) is 12.2. The third-order valence-electron chi connectivity index (χ3n) is 2.09. The Kier molecular flexibility index (Phi) is 4.88. The zero-order valence-electron chi connectivity index (χ0n) is 9.07. The second kappa shape index (κ2) is 6.19.